The smallest absolute Gasteiger partial charge is 0.253 e. The highest BCUT2D eigenvalue weighted by molar-refractivity contribution is 6.30. The van der Waals surface area contributed by atoms with Crippen molar-refractivity contribution in [2.24, 2.45) is 0 Å². The Bertz CT molecular complexity index is 414. The molecule has 0 radical (unpaired) electrons. The van der Waals surface area contributed by atoms with E-state index in [0.717, 1.165) is 19.6 Å². The lowest BCUT2D eigenvalue weighted by atomic mass is 10.1. The van der Waals surface area contributed by atoms with Gasteiger partial charge in [0.25, 0.3) is 5.91 Å². The van der Waals surface area contributed by atoms with E-state index < -0.39 is 0 Å². The van der Waals surface area contributed by atoms with Gasteiger partial charge in [-0.1, -0.05) is 11.6 Å². The molecule has 1 atom stereocenters. The van der Waals surface area contributed by atoms with Crippen LogP contribution in [0.25, 0.3) is 0 Å². The minimum atomic E-state index is 0.0553. The molecule has 1 heterocycles. The first-order chi connectivity index (χ1) is 8.58. The number of carbonyl (C=O) groups excluding carboxylic acids is 1. The third-order valence-corrected chi connectivity index (χ3v) is 3.80. The SMILES string of the molecule is C[C@@H](CN1CCC1)N(C)C(=O)c1ccc(Cl)cc1. The summed E-state index contributed by atoms with van der Waals surface area (Å²) in [6, 6.07) is 7.29. The summed E-state index contributed by atoms with van der Waals surface area (Å²) >= 11 is 5.82. The van der Waals surface area contributed by atoms with Crippen LogP contribution in [0, 0.1) is 0 Å². The molecule has 18 heavy (non-hydrogen) atoms. The summed E-state index contributed by atoms with van der Waals surface area (Å²) in [6.07, 6.45) is 1.28. The van der Waals surface area contributed by atoms with Crippen LogP contribution in [0.1, 0.15) is 23.7 Å². The van der Waals surface area contributed by atoms with Crippen molar-refractivity contribution in [1.29, 1.82) is 0 Å². The number of likely N-dealkylation sites (tertiary alicyclic amines) is 1. The van der Waals surface area contributed by atoms with Crippen molar-refractivity contribution in [3.8, 4) is 0 Å². The topological polar surface area (TPSA) is 23.6 Å². The molecule has 4 heteroatoms. The average molecular weight is 267 g/mol. The molecule has 1 aliphatic heterocycles. The van der Waals surface area contributed by atoms with Crippen molar-refractivity contribution in [3.63, 3.8) is 0 Å². The number of hydrogen-bond donors (Lipinski definition) is 0. The van der Waals surface area contributed by atoms with Gasteiger partial charge in [0.05, 0.1) is 0 Å². The maximum absolute atomic E-state index is 12.2. The summed E-state index contributed by atoms with van der Waals surface area (Å²) in [4.78, 5) is 16.4. The van der Waals surface area contributed by atoms with E-state index >= 15 is 0 Å². The second-order valence-electron chi connectivity index (χ2n) is 4.93. The Kier molecular flexibility index (Phi) is 4.25. The van der Waals surface area contributed by atoms with E-state index in [-0.39, 0.29) is 11.9 Å². The Morgan fingerprint density at radius 3 is 2.50 bits per heavy atom. The zero-order valence-corrected chi connectivity index (χ0v) is 11.7. The van der Waals surface area contributed by atoms with Gasteiger partial charge in [-0.15, -0.1) is 0 Å². The summed E-state index contributed by atoms with van der Waals surface area (Å²) in [6.45, 7) is 5.36. The van der Waals surface area contributed by atoms with Gasteiger partial charge >= 0.3 is 0 Å². The molecule has 0 unspecified atom stereocenters. The van der Waals surface area contributed by atoms with Gasteiger partial charge in [-0.05, 0) is 50.7 Å². The first-order valence-electron chi connectivity index (χ1n) is 6.33. The van der Waals surface area contributed by atoms with Crippen molar-refractivity contribution >= 4 is 17.5 Å². The van der Waals surface area contributed by atoms with Crippen molar-refractivity contribution < 1.29 is 4.79 Å². The Labute approximate surface area is 113 Å². The van der Waals surface area contributed by atoms with E-state index in [1.807, 2.05) is 11.9 Å². The molecule has 0 spiro atoms. The number of benzene rings is 1. The highest BCUT2D eigenvalue weighted by Gasteiger charge is 2.22. The van der Waals surface area contributed by atoms with Gasteiger partial charge in [-0.3, -0.25) is 4.79 Å². The van der Waals surface area contributed by atoms with Crippen LogP contribution in [-0.2, 0) is 0 Å². The third kappa shape index (κ3) is 3.03. The van der Waals surface area contributed by atoms with Crippen LogP contribution < -0.4 is 0 Å². The zero-order chi connectivity index (χ0) is 13.1. The quantitative estimate of drug-likeness (QED) is 0.836. The number of nitrogens with zero attached hydrogens (tertiary/aromatic N) is 2. The molecule has 0 N–H and O–H groups in total. The molecule has 0 aromatic heterocycles. The molecule has 1 saturated heterocycles. The number of halogens is 1. The van der Waals surface area contributed by atoms with Gasteiger partial charge < -0.3 is 9.80 Å². The fourth-order valence-electron chi connectivity index (χ4n) is 2.06. The lowest BCUT2D eigenvalue weighted by molar-refractivity contribution is 0.0665. The highest BCUT2D eigenvalue weighted by atomic mass is 35.5. The van der Waals surface area contributed by atoms with Crippen molar-refractivity contribution in [2.75, 3.05) is 26.7 Å². The van der Waals surface area contributed by atoms with Crippen LogP contribution in [0.4, 0.5) is 0 Å². The molecule has 0 saturated carbocycles. The largest absolute Gasteiger partial charge is 0.338 e. The van der Waals surface area contributed by atoms with Gasteiger partial charge in [0.2, 0.25) is 0 Å². The van der Waals surface area contributed by atoms with Gasteiger partial charge in [0.15, 0.2) is 0 Å². The predicted molar refractivity (Wildman–Crippen MR) is 74.1 cm³/mol. The van der Waals surface area contributed by atoms with E-state index in [1.165, 1.54) is 6.42 Å². The number of hydrogen-bond acceptors (Lipinski definition) is 2. The second-order valence-corrected chi connectivity index (χ2v) is 5.36. The molecular formula is C14H19ClN2O. The second kappa shape index (κ2) is 5.72. The van der Waals surface area contributed by atoms with Crippen LogP contribution in [0.15, 0.2) is 24.3 Å². The summed E-state index contributed by atoms with van der Waals surface area (Å²) in [5.74, 6) is 0.0553. The lowest BCUT2D eigenvalue weighted by Gasteiger charge is -2.36. The van der Waals surface area contributed by atoms with Crippen molar-refractivity contribution in [1.82, 2.24) is 9.80 Å². The Hall–Kier alpha value is -1.06. The molecule has 1 aliphatic rings. The normalized spacial score (nSPS) is 17.1. The van der Waals surface area contributed by atoms with Crippen LogP contribution in [-0.4, -0.2) is 48.4 Å². The lowest BCUT2D eigenvalue weighted by Crippen LogP contribution is -2.47. The van der Waals surface area contributed by atoms with E-state index in [9.17, 15) is 4.79 Å². The Balaban J connectivity index is 1.96. The number of carbonyl (C=O) groups is 1. The molecule has 1 aromatic carbocycles. The van der Waals surface area contributed by atoms with Crippen molar-refractivity contribution in [2.45, 2.75) is 19.4 Å². The first-order valence-corrected chi connectivity index (χ1v) is 6.71. The highest BCUT2D eigenvalue weighted by Crippen LogP contribution is 2.14. The summed E-state index contributed by atoms with van der Waals surface area (Å²) in [5, 5.41) is 0.655. The first kappa shape index (κ1) is 13.4. The maximum Gasteiger partial charge on any atom is 0.253 e. The van der Waals surface area contributed by atoms with E-state index in [0.29, 0.717) is 10.6 Å². The number of rotatable bonds is 4. The molecule has 1 amide bonds. The number of amides is 1. The minimum absolute atomic E-state index is 0.0553. The summed E-state index contributed by atoms with van der Waals surface area (Å²) in [7, 11) is 1.86. The van der Waals surface area contributed by atoms with Gasteiger partial charge in [0.1, 0.15) is 0 Å². The molecule has 2 rings (SSSR count). The molecule has 1 fully saturated rings. The molecule has 3 nitrogen and oxygen atoms in total. The fraction of sp³-hybridized carbons (Fsp3) is 0.500. The fourth-order valence-corrected chi connectivity index (χ4v) is 2.18. The molecule has 0 aliphatic carbocycles. The summed E-state index contributed by atoms with van der Waals surface area (Å²) < 4.78 is 0. The van der Waals surface area contributed by atoms with Gasteiger partial charge in [-0.25, -0.2) is 0 Å². The van der Waals surface area contributed by atoms with Crippen LogP contribution in [0.5, 0.6) is 0 Å². The van der Waals surface area contributed by atoms with Crippen LogP contribution >= 0.6 is 11.6 Å². The Morgan fingerprint density at radius 1 is 1.39 bits per heavy atom. The van der Waals surface area contributed by atoms with E-state index in [2.05, 4.69) is 11.8 Å². The van der Waals surface area contributed by atoms with E-state index in [4.69, 9.17) is 11.6 Å². The monoisotopic (exact) mass is 266 g/mol. The summed E-state index contributed by atoms with van der Waals surface area (Å²) in [5.41, 5.74) is 0.692. The Morgan fingerprint density at radius 2 is 2.00 bits per heavy atom. The zero-order valence-electron chi connectivity index (χ0n) is 10.9. The molecule has 0 bridgehead atoms. The number of likely N-dealkylation sites (N-methyl/N-ethyl adjacent to an activating group) is 1. The van der Waals surface area contributed by atoms with E-state index in [1.54, 1.807) is 24.3 Å². The standard InChI is InChI=1S/C14H19ClN2O/c1-11(10-17-8-3-9-17)16(2)14(18)12-4-6-13(15)7-5-12/h4-7,11H,3,8-10H2,1-2H3/t11-/m0/s1. The third-order valence-electron chi connectivity index (χ3n) is 3.54. The molecule has 1 aromatic rings. The van der Waals surface area contributed by atoms with Crippen LogP contribution in [0.3, 0.4) is 0 Å². The van der Waals surface area contributed by atoms with Gasteiger partial charge in [0, 0.05) is 30.2 Å². The maximum atomic E-state index is 12.2. The molecule has 98 valence electrons. The molecular weight excluding hydrogens is 248 g/mol. The average Bonchev–Trinajstić information content (AvgIpc) is 2.32. The minimum Gasteiger partial charge on any atom is -0.338 e. The predicted octanol–water partition coefficient (Wildman–Crippen LogP) is 2.51. The van der Waals surface area contributed by atoms with Crippen LogP contribution in [0.2, 0.25) is 5.02 Å². The van der Waals surface area contributed by atoms with Gasteiger partial charge in [-0.2, -0.15) is 0 Å². The van der Waals surface area contributed by atoms with Crippen molar-refractivity contribution in [3.05, 3.63) is 34.9 Å².